The lowest BCUT2D eigenvalue weighted by molar-refractivity contribution is 0.102. The molecule has 33 heavy (non-hydrogen) atoms. The molecule has 0 radical (unpaired) electrons. The van der Waals surface area contributed by atoms with Crippen molar-refractivity contribution in [3.8, 4) is 17.1 Å². The summed E-state index contributed by atoms with van der Waals surface area (Å²) in [6.07, 6.45) is 1.00. The van der Waals surface area contributed by atoms with Crippen LogP contribution in [0.5, 0.6) is 5.75 Å². The predicted molar refractivity (Wildman–Crippen MR) is 124 cm³/mol. The van der Waals surface area contributed by atoms with Crippen LogP contribution in [-0.4, -0.2) is 54.0 Å². The quantitative estimate of drug-likeness (QED) is 0.571. The van der Waals surface area contributed by atoms with Crippen molar-refractivity contribution in [2.45, 2.75) is 25.2 Å². The Hall–Kier alpha value is -3.24. The lowest BCUT2D eigenvalue weighted by Crippen LogP contribution is -2.42. The zero-order valence-corrected chi connectivity index (χ0v) is 19.6. The molecule has 174 valence electrons. The molecule has 9 nitrogen and oxygen atoms in total. The van der Waals surface area contributed by atoms with Crippen LogP contribution < -0.4 is 10.1 Å². The highest BCUT2D eigenvalue weighted by Gasteiger charge is 2.32. The Labute approximate surface area is 193 Å². The van der Waals surface area contributed by atoms with E-state index in [1.165, 1.54) is 16.4 Å². The molecule has 0 bridgehead atoms. The Balaban J connectivity index is 1.49. The molecule has 0 saturated carbocycles. The molecule has 1 saturated heterocycles. The maximum atomic E-state index is 13.2. The molecule has 3 aromatic rings. The smallest absolute Gasteiger partial charge is 0.258 e. The van der Waals surface area contributed by atoms with Crippen molar-refractivity contribution in [3.63, 3.8) is 0 Å². The summed E-state index contributed by atoms with van der Waals surface area (Å²) in [6.45, 7) is 5.07. The van der Waals surface area contributed by atoms with Gasteiger partial charge in [-0.3, -0.25) is 15.2 Å². The molecule has 1 amide bonds. The van der Waals surface area contributed by atoms with Crippen molar-refractivity contribution in [1.29, 1.82) is 0 Å². The minimum absolute atomic E-state index is 0.0951. The normalized spacial score (nSPS) is 19.2. The van der Waals surface area contributed by atoms with Crippen LogP contribution in [0.4, 0.5) is 5.95 Å². The number of rotatable bonds is 6. The van der Waals surface area contributed by atoms with Gasteiger partial charge in [0.05, 0.1) is 12.0 Å². The van der Waals surface area contributed by atoms with E-state index in [1.807, 2.05) is 12.1 Å². The molecule has 4 rings (SSSR count). The van der Waals surface area contributed by atoms with Gasteiger partial charge in [-0.15, -0.1) is 5.10 Å². The van der Waals surface area contributed by atoms with Gasteiger partial charge in [-0.05, 0) is 60.7 Å². The number of hydrogen-bond acceptors (Lipinski definition) is 6. The molecule has 2 N–H and O–H groups in total. The van der Waals surface area contributed by atoms with Gasteiger partial charge in [-0.2, -0.15) is 9.29 Å². The number of piperidine rings is 1. The molecule has 1 aliphatic rings. The zero-order valence-electron chi connectivity index (χ0n) is 18.8. The minimum atomic E-state index is -3.69. The number of sulfonamides is 1. The Morgan fingerprint density at radius 2 is 1.82 bits per heavy atom. The molecule has 10 heteroatoms. The number of methoxy groups -OCH3 is 1. The standard InChI is InChI=1S/C23H27N5O4S/c1-15-11-16(2)14-28(13-15)33(30,31)20-6-4-5-18(12-20)22(29)25-23-24-21(26-27-23)17-7-9-19(32-3)10-8-17/h4-10,12,15-16H,11,13-14H2,1-3H3,(H2,24,25,26,27,29). The molecular weight excluding hydrogens is 442 g/mol. The third kappa shape index (κ3) is 5.07. The van der Waals surface area contributed by atoms with Gasteiger partial charge in [-0.1, -0.05) is 19.9 Å². The molecule has 0 aliphatic carbocycles. The lowest BCUT2D eigenvalue weighted by Gasteiger charge is -2.34. The first-order valence-corrected chi connectivity index (χ1v) is 12.2. The highest BCUT2D eigenvalue weighted by molar-refractivity contribution is 7.89. The van der Waals surface area contributed by atoms with Crippen LogP contribution in [-0.2, 0) is 10.0 Å². The fourth-order valence-electron chi connectivity index (χ4n) is 4.12. The Morgan fingerprint density at radius 3 is 2.48 bits per heavy atom. The van der Waals surface area contributed by atoms with Gasteiger partial charge < -0.3 is 4.74 Å². The summed E-state index contributed by atoms with van der Waals surface area (Å²) in [5.41, 5.74) is 0.992. The third-order valence-corrected chi connectivity index (χ3v) is 7.47. The van der Waals surface area contributed by atoms with Crippen LogP contribution in [0.25, 0.3) is 11.4 Å². The van der Waals surface area contributed by atoms with Gasteiger partial charge in [0.25, 0.3) is 5.91 Å². The third-order valence-electron chi connectivity index (χ3n) is 5.64. The molecule has 0 spiro atoms. The minimum Gasteiger partial charge on any atom is -0.497 e. The number of aromatic nitrogens is 3. The molecule has 2 atom stereocenters. The fraction of sp³-hybridized carbons (Fsp3) is 0.348. The predicted octanol–water partition coefficient (Wildman–Crippen LogP) is 3.40. The topological polar surface area (TPSA) is 117 Å². The first-order chi connectivity index (χ1) is 15.8. The lowest BCUT2D eigenvalue weighted by atomic mass is 9.94. The number of anilines is 1. The largest absolute Gasteiger partial charge is 0.497 e. The maximum absolute atomic E-state index is 13.2. The number of H-pyrrole nitrogens is 1. The van der Waals surface area contributed by atoms with E-state index in [2.05, 4.69) is 34.3 Å². The van der Waals surface area contributed by atoms with E-state index >= 15 is 0 Å². The first-order valence-electron chi connectivity index (χ1n) is 10.7. The van der Waals surface area contributed by atoms with Crippen molar-refractivity contribution in [3.05, 3.63) is 54.1 Å². The molecular formula is C23H27N5O4S. The SMILES string of the molecule is COc1ccc(-c2nc(NC(=O)c3cccc(S(=O)(=O)N4CC(C)CC(C)C4)c3)n[nH]2)cc1. The van der Waals surface area contributed by atoms with Crippen LogP contribution in [0.3, 0.4) is 0 Å². The first kappa shape index (κ1) is 22.9. The second-order valence-electron chi connectivity index (χ2n) is 8.49. The second-order valence-corrected chi connectivity index (χ2v) is 10.4. The maximum Gasteiger partial charge on any atom is 0.258 e. The van der Waals surface area contributed by atoms with Crippen LogP contribution in [0, 0.1) is 11.8 Å². The Morgan fingerprint density at radius 1 is 1.12 bits per heavy atom. The average molecular weight is 470 g/mol. The summed E-state index contributed by atoms with van der Waals surface area (Å²) in [6, 6.07) is 13.3. The molecule has 1 fully saturated rings. The highest BCUT2D eigenvalue weighted by atomic mass is 32.2. The molecule has 2 aromatic carbocycles. The van der Waals surface area contributed by atoms with E-state index in [0.29, 0.717) is 30.7 Å². The van der Waals surface area contributed by atoms with E-state index in [9.17, 15) is 13.2 Å². The van der Waals surface area contributed by atoms with Gasteiger partial charge >= 0.3 is 0 Å². The summed E-state index contributed by atoms with van der Waals surface area (Å²) < 4.78 is 33.0. The van der Waals surface area contributed by atoms with Crippen molar-refractivity contribution in [1.82, 2.24) is 19.5 Å². The van der Waals surface area contributed by atoms with Crippen LogP contribution in [0.2, 0.25) is 0 Å². The van der Waals surface area contributed by atoms with Gasteiger partial charge in [0.1, 0.15) is 5.75 Å². The number of aromatic amines is 1. The number of amides is 1. The number of nitrogens with zero attached hydrogens (tertiary/aromatic N) is 3. The molecule has 1 aliphatic heterocycles. The van der Waals surface area contributed by atoms with Crippen molar-refractivity contribution in [2.24, 2.45) is 11.8 Å². The summed E-state index contributed by atoms with van der Waals surface area (Å²) in [7, 11) is -2.10. The van der Waals surface area contributed by atoms with E-state index < -0.39 is 15.9 Å². The van der Waals surface area contributed by atoms with Crippen molar-refractivity contribution >= 4 is 21.9 Å². The van der Waals surface area contributed by atoms with Gasteiger partial charge in [0.15, 0.2) is 5.82 Å². The van der Waals surface area contributed by atoms with Crippen molar-refractivity contribution in [2.75, 3.05) is 25.5 Å². The van der Waals surface area contributed by atoms with Gasteiger partial charge in [0.2, 0.25) is 16.0 Å². The van der Waals surface area contributed by atoms with E-state index in [4.69, 9.17) is 4.74 Å². The zero-order chi connectivity index (χ0) is 23.6. The number of hydrogen-bond donors (Lipinski definition) is 2. The van der Waals surface area contributed by atoms with E-state index in [1.54, 1.807) is 31.4 Å². The molecule has 2 unspecified atom stereocenters. The summed E-state index contributed by atoms with van der Waals surface area (Å²) in [5.74, 6) is 1.39. The van der Waals surface area contributed by atoms with E-state index in [0.717, 1.165) is 17.7 Å². The number of carbonyl (C=O) groups is 1. The highest BCUT2D eigenvalue weighted by Crippen LogP contribution is 2.27. The summed E-state index contributed by atoms with van der Waals surface area (Å²) in [5, 5.41) is 9.44. The molecule has 2 heterocycles. The second kappa shape index (κ2) is 9.32. The van der Waals surface area contributed by atoms with Crippen LogP contribution in [0.15, 0.2) is 53.4 Å². The van der Waals surface area contributed by atoms with Gasteiger partial charge in [-0.25, -0.2) is 8.42 Å². The number of nitrogens with one attached hydrogen (secondary N) is 2. The Bertz CT molecular complexity index is 1230. The summed E-state index contributed by atoms with van der Waals surface area (Å²) >= 11 is 0. The number of benzene rings is 2. The summed E-state index contributed by atoms with van der Waals surface area (Å²) in [4.78, 5) is 17.2. The average Bonchev–Trinajstić information content (AvgIpc) is 3.27. The Kier molecular flexibility index (Phi) is 6.48. The number of ether oxygens (including phenoxy) is 1. The monoisotopic (exact) mass is 469 g/mol. The van der Waals surface area contributed by atoms with Crippen LogP contribution in [0.1, 0.15) is 30.6 Å². The number of carbonyl (C=O) groups excluding carboxylic acids is 1. The van der Waals surface area contributed by atoms with Crippen LogP contribution >= 0.6 is 0 Å². The van der Waals surface area contributed by atoms with Crippen molar-refractivity contribution < 1.29 is 17.9 Å². The fourth-order valence-corrected chi connectivity index (χ4v) is 5.84. The molecule has 1 aromatic heterocycles. The van der Waals surface area contributed by atoms with Gasteiger partial charge in [0, 0.05) is 24.2 Å². The van der Waals surface area contributed by atoms with E-state index in [-0.39, 0.29) is 16.4 Å².